The van der Waals surface area contributed by atoms with E-state index in [0.717, 1.165) is 25.7 Å². The van der Waals surface area contributed by atoms with Gasteiger partial charge in [0.05, 0.1) is 11.8 Å². The average Bonchev–Trinajstić information content (AvgIpc) is 3.05. The molecule has 0 atom stereocenters. The lowest BCUT2D eigenvalue weighted by Gasteiger charge is -2.14. The molecule has 134 valence electrons. The molecule has 0 amide bonds. The van der Waals surface area contributed by atoms with Crippen molar-refractivity contribution >= 4 is 15.7 Å². The highest BCUT2D eigenvalue weighted by Gasteiger charge is 2.24. The van der Waals surface area contributed by atoms with Crippen molar-refractivity contribution in [3.63, 3.8) is 0 Å². The average molecular weight is 371 g/mol. The molecule has 1 saturated carbocycles. The molecule has 0 unspecified atom stereocenters. The van der Waals surface area contributed by atoms with Crippen LogP contribution in [0.15, 0.2) is 41.3 Å². The third-order valence-corrected chi connectivity index (χ3v) is 5.38. The first-order valence-corrected chi connectivity index (χ1v) is 9.28. The van der Waals surface area contributed by atoms with Gasteiger partial charge in [0.1, 0.15) is 10.6 Å². The van der Waals surface area contributed by atoms with E-state index in [-0.39, 0.29) is 11.8 Å². The molecule has 2 aromatic carbocycles. The van der Waals surface area contributed by atoms with Gasteiger partial charge in [-0.25, -0.2) is 21.6 Å². The Bertz CT molecular complexity index is 881. The predicted molar refractivity (Wildman–Crippen MR) is 86.5 cm³/mol. The van der Waals surface area contributed by atoms with Gasteiger partial charge in [-0.3, -0.25) is 4.72 Å². The van der Waals surface area contributed by atoms with Gasteiger partial charge < -0.3 is 4.74 Å². The van der Waals surface area contributed by atoms with Gasteiger partial charge >= 0.3 is 0 Å². The fraction of sp³-hybridized carbons (Fsp3) is 0.294. The summed E-state index contributed by atoms with van der Waals surface area (Å²) in [6, 6.07) is 7.43. The van der Waals surface area contributed by atoms with E-state index in [1.807, 2.05) is 0 Å². The third-order valence-electron chi connectivity index (χ3n) is 3.98. The van der Waals surface area contributed by atoms with Crippen LogP contribution in [0.4, 0.5) is 18.9 Å². The number of ether oxygens (including phenoxy) is 1. The second-order valence-electron chi connectivity index (χ2n) is 5.83. The van der Waals surface area contributed by atoms with Crippen molar-refractivity contribution in [2.24, 2.45) is 0 Å². The van der Waals surface area contributed by atoms with Crippen LogP contribution < -0.4 is 9.46 Å². The number of rotatable bonds is 5. The lowest BCUT2D eigenvalue weighted by Crippen LogP contribution is -2.16. The van der Waals surface area contributed by atoms with Gasteiger partial charge in [0.15, 0.2) is 17.5 Å². The molecule has 0 spiro atoms. The highest BCUT2D eigenvalue weighted by Crippen LogP contribution is 2.27. The maximum Gasteiger partial charge on any atom is 0.264 e. The largest absolute Gasteiger partial charge is 0.490 e. The summed E-state index contributed by atoms with van der Waals surface area (Å²) in [4.78, 5) is -0.964. The van der Waals surface area contributed by atoms with Gasteiger partial charge in [0, 0.05) is 6.07 Å². The Labute approximate surface area is 143 Å². The van der Waals surface area contributed by atoms with Crippen molar-refractivity contribution in [1.82, 2.24) is 0 Å². The lowest BCUT2D eigenvalue weighted by atomic mass is 10.3. The van der Waals surface area contributed by atoms with Crippen LogP contribution in [-0.4, -0.2) is 14.5 Å². The van der Waals surface area contributed by atoms with Gasteiger partial charge in [-0.15, -0.1) is 0 Å². The van der Waals surface area contributed by atoms with Crippen molar-refractivity contribution in [1.29, 1.82) is 0 Å². The second-order valence-corrected chi connectivity index (χ2v) is 7.48. The predicted octanol–water partition coefficient (Wildman–Crippen LogP) is 4.23. The Morgan fingerprint density at radius 3 is 2.44 bits per heavy atom. The zero-order chi connectivity index (χ0) is 18.0. The van der Waals surface area contributed by atoms with Gasteiger partial charge in [0.2, 0.25) is 0 Å². The molecule has 0 aliphatic heterocycles. The summed E-state index contributed by atoms with van der Waals surface area (Å²) in [5, 5.41) is 0. The second kappa shape index (κ2) is 6.95. The number of benzene rings is 2. The van der Waals surface area contributed by atoms with Crippen LogP contribution in [-0.2, 0) is 10.0 Å². The van der Waals surface area contributed by atoms with Gasteiger partial charge in [-0.2, -0.15) is 0 Å². The van der Waals surface area contributed by atoms with Crippen LogP contribution in [0.25, 0.3) is 0 Å². The Morgan fingerprint density at radius 2 is 1.72 bits per heavy atom. The van der Waals surface area contributed by atoms with E-state index in [0.29, 0.717) is 17.9 Å². The molecule has 0 aromatic heterocycles. The standard InChI is InChI=1S/C17H16F3NO3S/c18-14-8-9-15(17(20)16(14)19)25(22,23)21-11-4-3-7-13(10-11)24-12-5-1-2-6-12/h3-4,7-10,12,21H,1-2,5-6H2. The molecule has 0 radical (unpaired) electrons. The molecule has 1 fully saturated rings. The van der Waals surface area contributed by atoms with Crippen molar-refractivity contribution in [2.75, 3.05) is 4.72 Å². The number of halogens is 3. The van der Waals surface area contributed by atoms with Crippen LogP contribution >= 0.6 is 0 Å². The molecular formula is C17H16F3NO3S. The number of hydrogen-bond donors (Lipinski definition) is 1. The SMILES string of the molecule is O=S(=O)(Nc1cccc(OC2CCCC2)c1)c1ccc(F)c(F)c1F. The molecule has 0 saturated heterocycles. The Hall–Kier alpha value is -2.22. The molecule has 2 aromatic rings. The summed E-state index contributed by atoms with van der Waals surface area (Å²) in [5.74, 6) is -4.56. The van der Waals surface area contributed by atoms with Crippen LogP contribution in [0.5, 0.6) is 5.75 Å². The summed E-state index contributed by atoms with van der Waals surface area (Å²) < 4.78 is 72.5. The Balaban J connectivity index is 1.82. The van der Waals surface area contributed by atoms with Crippen molar-refractivity contribution < 1.29 is 26.3 Å². The normalized spacial score (nSPS) is 15.3. The number of anilines is 1. The minimum Gasteiger partial charge on any atom is -0.490 e. The number of nitrogens with one attached hydrogen (secondary N) is 1. The maximum absolute atomic E-state index is 13.8. The van der Waals surface area contributed by atoms with Crippen molar-refractivity contribution in [2.45, 2.75) is 36.7 Å². The summed E-state index contributed by atoms with van der Waals surface area (Å²) >= 11 is 0. The van der Waals surface area contributed by atoms with Gasteiger partial charge in [0.25, 0.3) is 10.0 Å². The molecule has 0 bridgehead atoms. The lowest BCUT2D eigenvalue weighted by molar-refractivity contribution is 0.210. The van der Waals surface area contributed by atoms with Crippen LogP contribution in [0, 0.1) is 17.5 Å². The fourth-order valence-corrected chi connectivity index (χ4v) is 3.88. The fourth-order valence-electron chi connectivity index (χ4n) is 2.76. The molecule has 1 aliphatic carbocycles. The number of sulfonamides is 1. The molecular weight excluding hydrogens is 355 g/mol. The molecule has 4 nitrogen and oxygen atoms in total. The smallest absolute Gasteiger partial charge is 0.264 e. The highest BCUT2D eigenvalue weighted by atomic mass is 32.2. The number of hydrogen-bond acceptors (Lipinski definition) is 3. The monoisotopic (exact) mass is 371 g/mol. The minimum atomic E-state index is -4.41. The van der Waals surface area contributed by atoms with Crippen molar-refractivity contribution in [3.8, 4) is 5.75 Å². The van der Waals surface area contributed by atoms with E-state index in [2.05, 4.69) is 4.72 Å². The molecule has 1 N–H and O–H groups in total. The third kappa shape index (κ3) is 3.89. The molecule has 3 rings (SSSR count). The van der Waals surface area contributed by atoms with Crippen molar-refractivity contribution in [3.05, 3.63) is 53.8 Å². The summed E-state index contributed by atoms with van der Waals surface area (Å²) in [7, 11) is -4.41. The molecule has 0 heterocycles. The van der Waals surface area contributed by atoms with E-state index in [9.17, 15) is 21.6 Å². The minimum absolute atomic E-state index is 0.0931. The van der Waals surface area contributed by atoms with E-state index in [4.69, 9.17) is 4.74 Å². The Morgan fingerprint density at radius 1 is 1.00 bits per heavy atom. The highest BCUT2D eigenvalue weighted by molar-refractivity contribution is 7.92. The van der Waals surface area contributed by atoms with E-state index >= 15 is 0 Å². The van der Waals surface area contributed by atoms with Crippen LogP contribution in [0.3, 0.4) is 0 Å². The van der Waals surface area contributed by atoms with Gasteiger partial charge in [-0.1, -0.05) is 6.07 Å². The maximum atomic E-state index is 13.8. The first-order chi connectivity index (χ1) is 11.9. The first kappa shape index (κ1) is 17.6. The van der Waals surface area contributed by atoms with Crippen LogP contribution in [0.2, 0.25) is 0 Å². The summed E-state index contributed by atoms with van der Waals surface area (Å²) in [5.41, 5.74) is 0.139. The van der Waals surface area contributed by atoms with Crippen LogP contribution in [0.1, 0.15) is 25.7 Å². The summed E-state index contributed by atoms with van der Waals surface area (Å²) in [6.45, 7) is 0. The zero-order valence-corrected chi connectivity index (χ0v) is 14.0. The summed E-state index contributed by atoms with van der Waals surface area (Å²) in [6.07, 6.45) is 4.15. The molecule has 25 heavy (non-hydrogen) atoms. The molecule has 8 heteroatoms. The van der Waals surface area contributed by atoms with E-state index in [1.54, 1.807) is 12.1 Å². The zero-order valence-electron chi connectivity index (χ0n) is 13.1. The quantitative estimate of drug-likeness (QED) is 0.801. The first-order valence-electron chi connectivity index (χ1n) is 7.80. The topological polar surface area (TPSA) is 55.4 Å². The Kier molecular flexibility index (Phi) is 4.89. The van der Waals surface area contributed by atoms with E-state index < -0.39 is 32.4 Å². The van der Waals surface area contributed by atoms with Gasteiger partial charge in [-0.05, 0) is 49.9 Å². The van der Waals surface area contributed by atoms with E-state index in [1.165, 1.54) is 12.1 Å². The molecule has 1 aliphatic rings.